The van der Waals surface area contributed by atoms with Crippen LogP contribution in [0.4, 0.5) is 0 Å². The van der Waals surface area contributed by atoms with Crippen molar-refractivity contribution in [2.75, 3.05) is 0 Å². The van der Waals surface area contributed by atoms with E-state index in [-0.39, 0.29) is 0 Å². The van der Waals surface area contributed by atoms with E-state index in [1.54, 1.807) is 0 Å². The Kier molecular flexibility index (Phi) is 6.29. The average Bonchev–Trinajstić information content (AvgIpc) is 3.73. The van der Waals surface area contributed by atoms with Gasteiger partial charge in [0, 0.05) is 49.3 Å². The maximum absolute atomic E-state index is 5.67. The monoisotopic (exact) mass is 728 g/mol. The van der Waals surface area contributed by atoms with Crippen LogP contribution in [0.1, 0.15) is 48.8 Å². The molecule has 2 aliphatic carbocycles. The highest BCUT2D eigenvalue weighted by Gasteiger charge is 2.31. The van der Waals surface area contributed by atoms with E-state index in [1.807, 2.05) is 0 Å². The fourth-order valence-electron chi connectivity index (χ4n) is 10.4. The van der Waals surface area contributed by atoms with E-state index in [0.29, 0.717) is 5.92 Å². The largest absolute Gasteiger partial charge is 0.312 e. The summed E-state index contributed by atoms with van der Waals surface area (Å²) in [6.45, 7) is 2.32. The van der Waals surface area contributed by atoms with E-state index in [0.717, 1.165) is 69.2 Å². The van der Waals surface area contributed by atoms with Crippen LogP contribution >= 0.6 is 0 Å². The molecule has 0 saturated carbocycles. The van der Waals surface area contributed by atoms with Crippen molar-refractivity contribution in [2.24, 2.45) is 0 Å². The van der Waals surface area contributed by atoms with Gasteiger partial charge in [0.1, 0.15) is 5.69 Å². The highest BCUT2D eigenvalue weighted by Crippen LogP contribution is 2.52. The molecule has 57 heavy (non-hydrogen) atoms. The number of fused-ring (bicyclic) bond motifs is 15. The van der Waals surface area contributed by atoms with Gasteiger partial charge in [-0.3, -0.25) is 4.57 Å². The van der Waals surface area contributed by atoms with E-state index in [1.165, 1.54) is 71.7 Å². The van der Waals surface area contributed by atoms with Crippen molar-refractivity contribution in [3.63, 3.8) is 0 Å². The molecule has 0 N–H and O–H groups in total. The van der Waals surface area contributed by atoms with E-state index >= 15 is 0 Å². The maximum Gasteiger partial charge on any atom is 0.165 e. The molecule has 3 aromatic heterocycles. The van der Waals surface area contributed by atoms with Crippen LogP contribution in [0.25, 0.3) is 111 Å². The normalized spacial score (nSPS) is 15.9. The zero-order valence-electron chi connectivity index (χ0n) is 31.5. The number of rotatable bonds is 2. The Morgan fingerprint density at radius 3 is 2.28 bits per heavy atom. The highest BCUT2D eigenvalue weighted by atomic mass is 15.1. The molecule has 4 heteroatoms. The predicted molar refractivity (Wildman–Crippen MR) is 239 cm³/mol. The minimum Gasteiger partial charge on any atom is -0.312 e. The van der Waals surface area contributed by atoms with Gasteiger partial charge in [-0.2, -0.15) is 0 Å². The molecular weight excluding hydrogens is 693 g/mol. The van der Waals surface area contributed by atoms with Crippen LogP contribution < -0.4 is 0 Å². The molecule has 3 aliphatic rings. The molecule has 0 bridgehead atoms. The SMILES string of the molecule is CC1CC=Cc2cc(-c3nc4c(ccc5ccccc54)nc3-n3c4ccccc4c4c5c6c(cc43)c3ccccc3n6C3=C(C=CCC3)c3ccccc3-5)ccc21. The third-order valence-corrected chi connectivity index (χ3v) is 12.9. The van der Waals surface area contributed by atoms with E-state index in [9.17, 15) is 0 Å². The molecule has 268 valence electrons. The smallest absolute Gasteiger partial charge is 0.165 e. The van der Waals surface area contributed by atoms with Crippen molar-refractivity contribution in [1.29, 1.82) is 0 Å². The highest BCUT2D eigenvalue weighted by molar-refractivity contribution is 6.29. The van der Waals surface area contributed by atoms with Gasteiger partial charge >= 0.3 is 0 Å². The molecule has 7 aromatic carbocycles. The molecule has 13 rings (SSSR count). The summed E-state index contributed by atoms with van der Waals surface area (Å²) >= 11 is 0. The molecule has 0 spiro atoms. The van der Waals surface area contributed by atoms with Gasteiger partial charge in [-0.15, -0.1) is 0 Å². The molecule has 1 atom stereocenters. The summed E-state index contributed by atoms with van der Waals surface area (Å²) in [5, 5.41) is 7.24. The summed E-state index contributed by atoms with van der Waals surface area (Å²) in [5.41, 5.74) is 17.7. The lowest BCUT2D eigenvalue weighted by Crippen LogP contribution is -2.05. The molecule has 1 unspecified atom stereocenters. The summed E-state index contributed by atoms with van der Waals surface area (Å²) in [5.74, 6) is 1.32. The average molecular weight is 729 g/mol. The molecule has 4 heterocycles. The van der Waals surface area contributed by atoms with E-state index in [4.69, 9.17) is 9.97 Å². The second kappa shape index (κ2) is 11.5. The Bertz CT molecular complexity index is 3510. The van der Waals surface area contributed by atoms with E-state index in [2.05, 4.69) is 174 Å². The molecule has 4 nitrogen and oxygen atoms in total. The fraction of sp³-hybridized carbons (Fsp3) is 0.0943. The van der Waals surface area contributed by atoms with Crippen LogP contribution in [0.5, 0.6) is 0 Å². The topological polar surface area (TPSA) is 35.6 Å². The molecule has 0 fully saturated rings. The van der Waals surface area contributed by atoms with Gasteiger partial charge in [0.05, 0.1) is 33.1 Å². The lowest BCUT2D eigenvalue weighted by molar-refractivity contribution is 0.772. The molecule has 0 saturated heterocycles. The zero-order valence-corrected chi connectivity index (χ0v) is 31.5. The number of benzene rings is 7. The van der Waals surface area contributed by atoms with Crippen molar-refractivity contribution >= 4 is 82.8 Å². The first-order valence-corrected chi connectivity index (χ1v) is 20.2. The Morgan fingerprint density at radius 1 is 0.614 bits per heavy atom. The Morgan fingerprint density at radius 2 is 1.39 bits per heavy atom. The van der Waals surface area contributed by atoms with Gasteiger partial charge in [0.2, 0.25) is 0 Å². The molecular formula is C53H36N4. The van der Waals surface area contributed by atoms with Crippen LogP contribution in [0.3, 0.4) is 0 Å². The van der Waals surface area contributed by atoms with Gasteiger partial charge in [-0.05, 0) is 83.2 Å². The van der Waals surface area contributed by atoms with Crippen LogP contribution in [0, 0.1) is 0 Å². The predicted octanol–water partition coefficient (Wildman–Crippen LogP) is 13.9. The van der Waals surface area contributed by atoms with Crippen LogP contribution in [0.2, 0.25) is 0 Å². The summed E-state index contributed by atoms with van der Waals surface area (Å²) < 4.78 is 5.01. The van der Waals surface area contributed by atoms with Crippen molar-refractivity contribution in [1.82, 2.24) is 19.1 Å². The second-order valence-corrected chi connectivity index (χ2v) is 16.0. The minimum absolute atomic E-state index is 0.478. The Hall–Kier alpha value is -7.04. The van der Waals surface area contributed by atoms with E-state index < -0.39 is 0 Å². The summed E-state index contributed by atoms with van der Waals surface area (Å²) in [6, 6.07) is 49.2. The van der Waals surface area contributed by atoms with Crippen molar-refractivity contribution < 1.29 is 0 Å². The van der Waals surface area contributed by atoms with Crippen molar-refractivity contribution in [3.8, 4) is 28.2 Å². The van der Waals surface area contributed by atoms with Crippen molar-refractivity contribution in [2.45, 2.75) is 32.1 Å². The number of hydrogen-bond acceptors (Lipinski definition) is 2. The standard InChI is InChI=1S/C53H36N4/c1-31-13-12-15-33-29-34(25-27-35(31)33)50-53(54-43-28-26-32-14-2-3-16-36(32)51(43)55-50)57-46-24-11-8-21-41(46)48-47(57)30-42-39-19-7-10-23-45(39)56-44-22-9-6-18-38(44)37-17-4-5-20-40(37)49(48)52(42)56/h2-8,10-12,14-21,23-31H,9,13,22H2,1H3. The number of para-hydroxylation sites is 2. The third kappa shape index (κ3) is 4.22. The molecule has 10 aromatic rings. The summed E-state index contributed by atoms with van der Waals surface area (Å²) in [6.07, 6.45) is 12.4. The quantitative estimate of drug-likeness (QED) is 0.166. The minimum atomic E-state index is 0.478. The first kappa shape index (κ1) is 31.2. The van der Waals surface area contributed by atoms with Gasteiger partial charge in [0.25, 0.3) is 0 Å². The van der Waals surface area contributed by atoms with Crippen LogP contribution in [0.15, 0.2) is 152 Å². The summed E-state index contributed by atoms with van der Waals surface area (Å²) in [4.78, 5) is 11.3. The number of aromatic nitrogens is 4. The van der Waals surface area contributed by atoms with Gasteiger partial charge < -0.3 is 4.57 Å². The molecule has 0 radical (unpaired) electrons. The Balaban J connectivity index is 1.23. The lowest BCUT2D eigenvalue weighted by atomic mass is 9.87. The summed E-state index contributed by atoms with van der Waals surface area (Å²) in [7, 11) is 0. The Labute approximate surface area is 329 Å². The van der Waals surface area contributed by atoms with Gasteiger partial charge in [-0.25, -0.2) is 9.97 Å². The van der Waals surface area contributed by atoms with Crippen LogP contribution in [-0.4, -0.2) is 19.1 Å². The van der Waals surface area contributed by atoms with Crippen LogP contribution in [-0.2, 0) is 0 Å². The number of allylic oxidation sites excluding steroid dienone is 5. The number of hydrogen-bond donors (Lipinski definition) is 0. The van der Waals surface area contributed by atoms with Gasteiger partial charge in [0.15, 0.2) is 5.82 Å². The fourth-order valence-corrected chi connectivity index (χ4v) is 10.4. The lowest BCUT2D eigenvalue weighted by Gasteiger charge is -2.20. The third-order valence-electron chi connectivity index (χ3n) is 12.9. The number of nitrogens with zero attached hydrogens (tertiary/aromatic N) is 4. The first-order chi connectivity index (χ1) is 28.2. The molecule has 0 amide bonds. The van der Waals surface area contributed by atoms with Gasteiger partial charge in [-0.1, -0.05) is 134 Å². The van der Waals surface area contributed by atoms with Crippen molar-refractivity contribution in [3.05, 3.63) is 168 Å². The first-order valence-electron chi connectivity index (χ1n) is 20.2. The second-order valence-electron chi connectivity index (χ2n) is 16.0. The molecule has 1 aliphatic heterocycles. The maximum atomic E-state index is 5.67. The zero-order chi connectivity index (χ0) is 37.4.